The second-order valence-corrected chi connectivity index (χ2v) is 12.1. The van der Waals surface area contributed by atoms with Crippen molar-refractivity contribution in [3.63, 3.8) is 0 Å². The van der Waals surface area contributed by atoms with Crippen molar-refractivity contribution >= 4 is 27.7 Å². The molecule has 2 unspecified atom stereocenters. The molecule has 208 valence electrons. The number of fused-ring (bicyclic) bond motifs is 2. The Labute approximate surface area is 247 Å². The Bertz CT molecular complexity index is 1610. The van der Waals surface area contributed by atoms with Gasteiger partial charge in [0.15, 0.2) is 0 Å². The van der Waals surface area contributed by atoms with Crippen molar-refractivity contribution in [1.29, 1.82) is 0 Å². The van der Waals surface area contributed by atoms with Gasteiger partial charge in [-0.1, -0.05) is 123 Å². The van der Waals surface area contributed by atoms with E-state index in [4.69, 9.17) is 0 Å². The van der Waals surface area contributed by atoms with Crippen molar-refractivity contribution in [2.45, 2.75) is 47.5 Å². The molecule has 5 rings (SSSR count). The summed E-state index contributed by atoms with van der Waals surface area (Å²) in [6.45, 7) is 15.3. The number of allylic oxidation sites excluding steroid dienone is 13. The molecule has 0 aliphatic heterocycles. The first-order valence-electron chi connectivity index (χ1n) is 14.9. The molecule has 2 aliphatic rings. The van der Waals surface area contributed by atoms with Crippen LogP contribution in [-0.2, 0) is 0 Å². The maximum atomic E-state index is 4.00. The Morgan fingerprint density at radius 1 is 0.927 bits per heavy atom. The van der Waals surface area contributed by atoms with Gasteiger partial charge in [-0.2, -0.15) is 0 Å². The standard InChI is InChI=1S/C40H43N/c1-7-14-35-36-18-11-13-20-38(36)40(5,6)37(35)19-12-9-16-32(27-28(2)3)30-21-24-33(25-22-30)41-39-26-23-31-15-8-10-17-34(31)29(39)4/h7-8,10-11,13-27,36,38,41H,1,9,12H2,2-6H3/b32-16+,35-14-,37-19+. The van der Waals surface area contributed by atoms with E-state index in [1.54, 1.807) is 0 Å². The van der Waals surface area contributed by atoms with E-state index in [2.05, 4.69) is 156 Å². The van der Waals surface area contributed by atoms with E-state index >= 15 is 0 Å². The molecule has 2 atom stereocenters. The molecule has 3 aromatic rings. The second-order valence-electron chi connectivity index (χ2n) is 12.1. The van der Waals surface area contributed by atoms with Crippen LogP contribution < -0.4 is 5.32 Å². The average molecular weight is 538 g/mol. The summed E-state index contributed by atoms with van der Waals surface area (Å²) in [5.41, 5.74) is 10.4. The molecule has 1 saturated carbocycles. The fourth-order valence-electron chi connectivity index (χ4n) is 6.54. The summed E-state index contributed by atoms with van der Waals surface area (Å²) in [5.74, 6) is 0.953. The third-order valence-electron chi connectivity index (χ3n) is 8.65. The minimum Gasteiger partial charge on any atom is -0.355 e. The molecule has 1 nitrogen and oxygen atoms in total. The maximum absolute atomic E-state index is 4.00. The van der Waals surface area contributed by atoms with Gasteiger partial charge in [-0.05, 0) is 102 Å². The SMILES string of the molecule is C=C/C=C1\C(=C/CC/C=C(\C=C(C)C)c2ccc(Nc3ccc4ccccc4c3C)cc2)C(C)(C)C2C=CC=CC12. The van der Waals surface area contributed by atoms with Gasteiger partial charge in [0.1, 0.15) is 0 Å². The van der Waals surface area contributed by atoms with Gasteiger partial charge >= 0.3 is 0 Å². The predicted molar refractivity (Wildman–Crippen MR) is 180 cm³/mol. The number of hydrogen-bond donors (Lipinski definition) is 1. The summed E-state index contributed by atoms with van der Waals surface area (Å²) in [6.07, 6.45) is 22.5. The van der Waals surface area contributed by atoms with Crippen LogP contribution in [0.15, 0.2) is 139 Å². The molecule has 0 saturated heterocycles. The maximum Gasteiger partial charge on any atom is 0.0420 e. The van der Waals surface area contributed by atoms with Crippen LogP contribution in [0.25, 0.3) is 16.3 Å². The van der Waals surface area contributed by atoms with Crippen LogP contribution in [0.4, 0.5) is 11.4 Å². The van der Waals surface area contributed by atoms with Gasteiger partial charge < -0.3 is 5.32 Å². The first-order valence-corrected chi connectivity index (χ1v) is 14.9. The number of anilines is 2. The van der Waals surface area contributed by atoms with E-state index in [9.17, 15) is 0 Å². The Morgan fingerprint density at radius 2 is 1.68 bits per heavy atom. The van der Waals surface area contributed by atoms with Crippen LogP contribution in [0, 0.1) is 24.2 Å². The van der Waals surface area contributed by atoms with Crippen LogP contribution >= 0.6 is 0 Å². The van der Waals surface area contributed by atoms with Crippen LogP contribution in [0.1, 0.15) is 51.7 Å². The van der Waals surface area contributed by atoms with Crippen LogP contribution in [0.5, 0.6) is 0 Å². The van der Waals surface area contributed by atoms with Gasteiger partial charge in [-0.25, -0.2) is 0 Å². The molecule has 0 amide bonds. The van der Waals surface area contributed by atoms with E-state index < -0.39 is 0 Å². The number of aryl methyl sites for hydroxylation is 1. The van der Waals surface area contributed by atoms with Crippen LogP contribution in [0.2, 0.25) is 0 Å². The normalized spacial score (nSPS) is 21.3. The van der Waals surface area contributed by atoms with E-state index in [1.165, 1.54) is 44.2 Å². The highest BCUT2D eigenvalue weighted by Crippen LogP contribution is 2.55. The molecule has 1 N–H and O–H groups in total. The van der Waals surface area contributed by atoms with Crippen LogP contribution in [-0.4, -0.2) is 0 Å². The number of unbranched alkanes of at least 4 members (excludes halogenated alkanes) is 1. The first kappa shape index (κ1) is 28.4. The zero-order valence-corrected chi connectivity index (χ0v) is 25.2. The Kier molecular flexibility index (Phi) is 8.45. The quantitative estimate of drug-likeness (QED) is 0.222. The molecule has 0 radical (unpaired) electrons. The lowest BCUT2D eigenvalue weighted by atomic mass is 9.75. The predicted octanol–water partition coefficient (Wildman–Crippen LogP) is 11.5. The van der Waals surface area contributed by atoms with Gasteiger partial charge in [0, 0.05) is 17.3 Å². The van der Waals surface area contributed by atoms with Crippen molar-refractivity contribution in [3.8, 4) is 0 Å². The van der Waals surface area contributed by atoms with Gasteiger partial charge in [0.2, 0.25) is 0 Å². The first-order chi connectivity index (χ1) is 19.8. The summed E-state index contributed by atoms with van der Waals surface area (Å²) in [6, 6.07) is 21.8. The fraction of sp³-hybridized carbons (Fsp3) is 0.250. The molecule has 0 spiro atoms. The minimum atomic E-state index is 0.111. The van der Waals surface area contributed by atoms with Gasteiger partial charge in [0.05, 0.1) is 0 Å². The second kappa shape index (κ2) is 12.2. The number of nitrogens with one attached hydrogen (secondary N) is 1. The molecule has 1 fully saturated rings. The molecule has 1 heteroatoms. The monoisotopic (exact) mass is 537 g/mol. The van der Waals surface area contributed by atoms with Gasteiger partial charge in [-0.15, -0.1) is 0 Å². The van der Waals surface area contributed by atoms with Crippen molar-refractivity contribution in [2.24, 2.45) is 17.3 Å². The van der Waals surface area contributed by atoms with Crippen molar-refractivity contribution in [3.05, 3.63) is 150 Å². The highest BCUT2D eigenvalue weighted by molar-refractivity contribution is 5.90. The van der Waals surface area contributed by atoms with Crippen LogP contribution in [0.3, 0.4) is 0 Å². The molecule has 0 heterocycles. The zero-order chi connectivity index (χ0) is 29.0. The lowest BCUT2D eigenvalue weighted by Gasteiger charge is -2.28. The number of benzene rings is 3. The smallest absolute Gasteiger partial charge is 0.0420 e. The zero-order valence-electron chi connectivity index (χ0n) is 25.2. The minimum absolute atomic E-state index is 0.111. The summed E-state index contributed by atoms with van der Waals surface area (Å²) < 4.78 is 0. The van der Waals surface area contributed by atoms with E-state index in [0.29, 0.717) is 11.8 Å². The molecule has 41 heavy (non-hydrogen) atoms. The van der Waals surface area contributed by atoms with Crippen molar-refractivity contribution in [2.75, 3.05) is 5.32 Å². The van der Waals surface area contributed by atoms with Gasteiger partial charge in [0.25, 0.3) is 0 Å². The Hall–Kier alpha value is -4.10. The number of rotatable bonds is 8. The third kappa shape index (κ3) is 6.00. The molecule has 0 bridgehead atoms. The summed E-state index contributed by atoms with van der Waals surface area (Å²) in [4.78, 5) is 0. The summed E-state index contributed by atoms with van der Waals surface area (Å²) in [7, 11) is 0. The Balaban J connectivity index is 1.33. The topological polar surface area (TPSA) is 12.0 Å². The summed E-state index contributed by atoms with van der Waals surface area (Å²) in [5, 5.41) is 6.20. The lowest BCUT2D eigenvalue weighted by molar-refractivity contribution is 0.333. The summed E-state index contributed by atoms with van der Waals surface area (Å²) >= 11 is 0. The number of hydrogen-bond acceptors (Lipinski definition) is 1. The Morgan fingerprint density at radius 3 is 2.44 bits per heavy atom. The third-order valence-corrected chi connectivity index (χ3v) is 8.65. The van der Waals surface area contributed by atoms with Gasteiger partial charge in [-0.3, -0.25) is 0 Å². The largest absolute Gasteiger partial charge is 0.355 e. The fourth-order valence-corrected chi connectivity index (χ4v) is 6.54. The molecule has 3 aromatic carbocycles. The molecule has 0 aromatic heterocycles. The van der Waals surface area contributed by atoms with E-state index in [0.717, 1.165) is 24.2 Å². The molecule has 2 aliphatic carbocycles. The van der Waals surface area contributed by atoms with E-state index in [-0.39, 0.29) is 5.41 Å². The van der Waals surface area contributed by atoms with Crippen molar-refractivity contribution in [1.82, 2.24) is 0 Å². The lowest BCUT2D eigenvalue weighted by Crippen LogP contribution is -2.21. The molecular formula is C40H43N. The van der Waals surface area contributed by atoms with Crippen molar-refractivity contribution < 1.29 is 0 Å². The van der Waals surface area contributed by atoms with E-state index in [1.807, 2.05) is 6.08 Å². The average Bonchev–Trinajstić information content (AvgIpc) is 3.18. The highest BCUT2D eigenvalue weighted by atomic mass is 14.9. The molecular weight excluding hydrogens is 494 g/mol. The highest BCUT2D eigenvalue weighted by Gasteiger charge is 2.46.